The van der Waals surface area contributed by atoms with Gasteiger partial charge in [0.05, 0.1) is 18.3 Å². The third-order valence-corrected chi connectivity index (χ3v) is 5.10. The molecule has 154 valence electrons. The number of halogens is 2. The standard InChI is InChI=1S/C20H28FN5O.HI/c1-13-11-26(12-19(27-13)16-6-8-17(21)9-7-16)20(22-4)23-10-18-14(2)24-25(5)15(18)3;/h6-9,13,19H,10-12H2,1-5H3,(H,22,23);1H. The Morgan fingerprint density at radius 1 is 1.29 bits per heavy atom. The van der Waals surface area contributed by atoms with E-state index in [4.69, 9.17) is 4.74 Å². The normalized spacial score (nSPS) is 20.1. The molecule has 1 N–H and O–H groups in total. The van der Waals surface area contributed by atoms with Crippen LogP contribution < -0.4 is 5.32 Å². The minimum atomic E-state index is -0.237. The SMILES string of the molecule is CN=C(NCc1c(C)nn(C)c1C)N1CC(C)OC(c2ccc(F)cc2)C1.I. The van der Waals surface area contributed by atoms with Crippen molar-refractivity contribution in [2.75, 3.05) is 20.1 Å². The number of ether oxygens (including phenoxy) is 1. The van der Waals surface area contributed by atoms with Gasteiger partial charge in [-0.2, -0.15) is 5.10 Å². The van der Waals surface area contributed by atoms with Gasteiger partial charge in [0, 0.05) is 38.4 Å². The highest BCUT2D eigenvalue weighted by Crippen LogP contribution is 2.25. The molecule has 0 radical (unpaired) electrons. The molecule has 1 aliphatic rings. The van der Waals surface area contributed by atoms with Gasteiger partial charge in [-0.3, -0.25) is 9.67 Å². The Balaban J connectivity index is 0.00000280. The van der Waals surface area contributed by atoms with E-state index in [9.17, 15) is 4.39 Å². The van der Waals surface area contributed by atoms with Crippen molar-refractivity contribution >= 4 is 29.9 Å². The van der Waals surface area contributed by atoms with Gasteiger partial charge < -0.3 is 15.0 Å². The molecule has 0 aliphatic carbocycles. The average Bonchev–Trinajstić information content (AvgIpc) is 2.88. The molecule has 2 heterocycles. The van der Waals surface area contributed by atoms with Crippen LogP contribution in [0.15, 0.2) is 29.3 Å². The molecule has 1 saturated heterocycles. The molecule has 1 aliphatic heterocycles. The van der Waals surface area contributed by atoms with E-state index >= 15 is 0 Å². The summed E-state index contributed by atoms with van der Waals surface area (Å²) >= 11 is 0. The summed E-state index contributed by atoms with van der Waals surface area (Å²) in [7, 11) is 3.75. The molecule has 3 rings (SSSR count). The van der Waals surface area contributed by atoms with Crippen LogP contribution in [-0.4, -0.2) is 46.9 Å². The summed E-state index contributed by atoms with van der Waals surface area (Å²) in [6.07, 6.45) is -0.0658. The van der Waals surface area contributed by atoms with E-state index in [-0.39, 0.29) is 42.0 Å². The molecule has 0 saturated carbocycles. The Morgan fingerprint density at radius 2 is 1.96 bits per heavy atom. The molecular formula is C20H29FIN5O. The molecule has 1 aromatic carbocycles. The monoisotopic (exact) mass is 501 g/mol. The van der Waals surface area contributed by atoms with Crippen molar-refractivity contribution in [1.82, 2.24) is 20.0 Å². The van der Waals surface area contributed by atoms with Gasteiger partial charge in [0.25, 0.3) is 0 Å². The van der Waals surface area contributed by atoms with Crippen LogP contribution >= 0.6 is 24.0 Å². The maximum absolute atomic E-state index is 13.2. The van der Waals surface area contributed by atoms with Crippen LogP contribution in [0.4, 0.5) is 4.39 Å². The van der Waals surface area contributed by atoms with Gasteiger partial charge >= 0.3 is 0 Å². The van der Waals surface area contributed by atoms with E-state index in [1.54, 1.807) is 19.2 Å². The summed E-state index contributed by atoms with van der Waals surface area (Å²) in [5, 5.41) is 7.93. The fourth-order valence-electron chi connectivity index (χ4n) is 3.56. The number of guanidine groups is 1. The molecule has 2 aromatic rings. The van der Waals surface area contributed by atoms with Crippen LogP contribution in [0.5, 0.6) is 0 Å². The molecule has 28 heavy (non-hydrogen) atoms. The van der Waals surface area contributed by atoms with Gasteiger partial charge in [-0.1, -0.05) is 12.1 Å². The number of rotatable bonds is 3. The van der Waals surface area contributed by atoms with Crippen LogP contribution in [0, 0.1) is 19.7 Å². The van der Waals surface area contributed by atoms with E-state index < -0.39 is 0 Å². The van der Waals surface area contributed by atoms with Gasteiger partial charge in [0.2, 0.25) is 0 Å². The fourth-order valence-corrected chi connectivity index (χ4v) is 3.56. The van der Waals surface area contributed by atoms with E-state index in [0.717, 1.165) is 29.5 Å². The molecule has 1 fully saturated rings. The van der Waals surface area contributed by atoms with Gasteiger partial charge in [-0.15, -0.1) is 24.0 Å². The minimum Gasteiger partial charge on any atom is -0.367 e. The maximum Gasteiger partial charge on any atom is 0.194 e. The number of benzene rings is 1. The highest BCUT2D eigenvalue weighted by Gasteiger charge is 2.28. The Labute approximate surface area is 183 Å². The summed E-state index contributed by atoms with van der Waals surface area (Å²) in [5.74, 6) is 0.596. The third kappa shape index (κ3) is 5.02. The van der Waals surface area contributed by atoms with Crippen molar-refractivity contribution < 1.29 is 9.13 Å². The first kappa shape index (κ1) is 22.6. The smallest absolute Gasteiger partial charge is 0.194 e. The van der Waals surface area contributed by atoms with Crippen molar-refractivity contribution in [2.45, 2.75) is 39.5 Å². The first-order valence-corrected chi connectivity index (χ1v) is 9.24. The Morgan fingerprint density at radius 3 is 2.54 bits per heavy atom. The lowest BCUT2D eigenvalue weighted by Crippen LogP contribution is -2.50. The molecule has 6 nitrogen and oxygen atoms in total. The highest BCUT2D eigenvalue weighted by molar-refractivity contribution is 14.0. The van der Waals surface area contributed by atoms with Gasteiger partial charge in [0.1, 0.15) is 11.9 Å². The van der Waals surface area contributed by atoms with Crippen molar-refractivity contribution in [3.63, 3.8) is 0 Å². The number of nitrogens with one attached hydrogen (secondary N) is 1. The van der Waals surface area contributed by atoms with E-state index in [1.165, 1.54) is 17.7 Å². The Hall–Kier alpha value is -1.68. The second-order valence-electron chi connectivity index (χ2n) is 7.07. The minimum absolute atomic E-state index is 0. The summed E-state index contributed by atoms with van der Waals surface area (Å²) in [5.41, 5.74) is 4.34. The fraction of sp³-hybridized carbons (Fsp3) is 0.500. The lowest BCUT2D eigenvalue weighted by Gasteiger charge is -2.38. The summed E-state index contributed by atoms with van der Waals surface area (Å²) in [4.78, 5) is 6.66. The zero-order chi connectivity index (χ0) is 19.6. The number of hydrogen-bond donors (Lipinski definition) is 1. The van der Waals surface area contributed by atoms with E-state index in [2.05, 4.69) is 27.2 Å². The van der Waals surface area contributed by atoms with Crippen molar-refractivity contribution in [3.8, 4) is 0 Å². The molecular weight excluding hydrogens is 472 g/mol. The first-order valence-electron chi connectivity index (χ1n) is 9.24. The van der Waals surface area contributed by atoms with E-state index in [0.29, 0.717) is 13.1 Å². The zero-order valence-corrected chi connectivity index (χ0v) is 19.4. The Bertz CT molecular complexity index is 821. The second kappa shape index (κ2) is 9.69. The lowest BCUT2D eigenvalue weighted by molar-refractivity contribution is -0.0605. The van der Waals surface area contributed by atoms with Crippen LogP contribution in [0.1, 0.15) is 35.5 Å². The topological polar surface area (TPSA) is 54.7 Å². The van der Waals surface area contributed by atoms with Crippen LogP contribution in [0.25, 0.3) is 0 Å². The number of aliphatic imine (C=N–C) groups is 1. The molecule has 0 amide bonds. The van der Waals surface area contributed by atoms with Gasteiger partial charge in [0.15, 0.2) is 5.96 Å². The molecule has 1 aromatic heterocycles. The third-order valence-electron chi connectivity index (χ3n) is 5.10. The van der Waals surface area contributed by atoms with Crippen LogP contribution in [-0.2, 0) is 18.3 Å². The molecule has 8 heteroatoms. The highest BCUT2D eigenvalue weighted by atomic mass is 127. The van der Waals surface area contributed by atoms with Crippen LogP contribution in [0.3, 0.4) is 0 Å². The molecule has 2 atom stereocenters. The quantitative estimate of drug-likeness (QED) is 0.399. The number of morpholine rings is 1. The predicted molar refractivity (Wildman–Crippen MR) is 120 cm³/mol. The zero-order valence-electron chi connectivity index (χ0n) is 17.1. The lowest BCUT2D eigenvalue weighted by atomic mass is 10.1. The van der Waals surface area contributed by atoms with Crippen LogP contribution in [0.2, 0.25) is 0 Å². The Kier molecular flexibility index (Phi) is 7.82. The number of aryl methyl sites for hydroxylation is 2. The van der Waals surface area contributed by atoms with Gasteiger partial charge in [-0.25, -0.2) is 4.39 Å². The first-order chi connectivity index (χ1) is 12.9. The van der Waals surface area contributed by atoms with Crippen molar-refractivity contribution in [3.05, 3.63) is 52.6 Å². The predicted octanol–water partition coefficient (Wildman–Crippen LogP) is 3.33. The van der Waals surface area contributed by atoms with Crippen molar-refractivity contribution in [2.24, 2.45) is 12.0 Å². The maximum atomic E-state index is 13.2. The molecule has 2 unspecified atom stereocenters. The van der Waals surface area contributed by atoms with E-state index in [1.807, 2.05) is 25.6 Å². The summed E-state index contributed by atoms with van der Waals surface area (Å²) in [6.45, 7) is 8.23. The van der Waals surface area contributed by atoms with Gasteiger partial charge in [-0.05, 0) is 38.5 Å². The number of hydrogen-bond acceptors (Lipinski definition) is 3. The van der Waals surface area contributed by atoms with Crippen molar-refractivity contribution in [1.29, 1.82) is 0 Å². The molecule has 0 spiro atoms. The summed E-state index contributed by atoms with van der Waals surface area (Å²) in [6, 6.07) is 6.52. The second-order valence-corrected chi connectivity index (χ2v) is 7.07. The summed E-state index contributed by atoms with van der Waals surface area (Å²) < 4.78 is 21.2. The molecule has 0 bridgehead atoms. The number of aromatic nitrogens is 2. The average molecular weight is 501 g/mol. The largest absolute Gasteiger partial charge is 0.367 e. The number of nitrogens with zero attached hydrogens (tertiary/aromatic N) is 4.